The zero-order valence-corrected chi connectivity index (χ0v) is 11.8. The largest absolute Gasteiger partial charge is 0.351 e. The molecule has 1 aromatic rings. The highest BCUT2D eigenvalue weighted by Crippen LogP contribution is 2.44. The summed E-state index contributed by atoms with van der Waals surface area (Å²) in [6.07, 6.45) is 7.32. The van der Waals surface area contributed by atoms with Gasteiger partial charge >= 0.3 is 0 Å². The molecular formula is C14H19ClN2O2. The SMILES string of the molecule is CCCC1(CNC(=O)c2c[nH]c(=O)c(Cl)c2)CCC1. The topological polar surface area (TPSA) is 62.0 Å². The summed E-state index contributed by atoms with van der Waals surface area (Å²) in [4.78, 5) is 25.6. The van der Waals surface area contributed by atoms with Crippen LogP contribution in [0.5, 0.6) is 0 Å². The number of H-pyrrole nitrogens is 1. The molecule has 0 radical (unpaired) electrons. The first-order valence-electron chi connectivity index (χ1n) is 6.73. The van der Waals surface area contributed by atoms with Crippen LogP contribution in [0.15, 0.2) is 17.1 Å². The molecule has 1 aliphatic carbocycles. The second-order valence-electron chi connectivity index (χ2n) is 5.35. The zero-order valence-electron chi connectivity index (χ0n) is 11.1. The molecule has 0 bridgehead atoms. The van der Waals surface area contributed by atoms with Crippen LogP contribution < -0.4 is 10.9 Å². The van der Waals surface area contributed by atoms with Crippen molar-refractivity contribution in [2.24, 2.45) is 5.41 Å². The number of halogens is 1. The summed E-state index contributed by atoms with van der Waals surface area (Å²) < 4.78 is 0. The van der Waals surface area contributed by atoms with Crippen molar-refractivity contribution in [3.8, 4) is 0 Å². The Balaban J connectivity index is 1.97. The van der Waals surface area contributed by atoms with Gasteiger partial charge in [0.2, 0.25) is 0 Å². The molecule has 2 N–H and O–H groups in total. The number of amides is 1. The van der Waals surface area contributed by atoms with Gasteiger partial charge in [-0.2, -0.15) is 0 Å². The number of carbonyl (C=O) groups is 1. The summed E-state index contributed by atoms with van der Waals surface area (Å²) in [7, 11) is 0. The lowest BCUT2D eigenvalue weighted by molar-refractivity contribution is 0.0832. The third-order valence-corrected chi connectivity index (χ3v) is 4.22. The third kappa shape index (κ3) is 3.18. The fourth-order valence-electron chi connectivity index (χ4n) is 2.68. The van der Waals surface area contributed by atoms with E-state index in [0.717, 1.165) is 12.8 Å². The molecule has 0 unspecified atom stereocenters. The zero-order chi connectivity index (χ0) is 13.9. The summed E-state index contributed by atoms with van der Waals surface area (Å²) in [5.74, 6) is -0.180. The minimum Gasteiger partial charge on any atom is -0.351 e. The average Bonchev–Trinajstić information content (AvgIpc) is 2.35. The quantitative estimate of drug-likeness (QED) is 0.872. The number of hydrogen-bond donors (Lipinski definition) is 2. The summed E-state index contributed by atoms with van der Waals surface area (Å²) in [6, 6.07) is 1.41. The van der Waals surface area contributed by atoms with Crippen LogP contribution in [0, 0.1) is 5.41 Å². The van der Waals surface area contributed by atoms with E-state index in [1.165, 1.54) is 31.5 Å². The van der Waals surface area contributed by atoms with Gasteiger partial charge in [-0.3, -0.25) is 9.59 Å². The van der Waals surface area contributed by atoms with Crippen LogP contribution in [0.25, 0.3) is 0 Å². The molecule has 0 aromatic carbocycles. The first-order valence-corrected chi connectivity index (χ1v) is 7.10. The lowest BCUT2D eigenvalue weighted by atomic mass is 9.66. The van der Waals surface area contributed by atoms with Crippen molar-refractivity contribution in [3.05, 3.63) is 33.2 Å². The second kappa shape index (κ2) is 5.78. The van der Waals surface area contributed by atoms with Crippen molar-refractivity contribution < 1.29 is 4.79 Å². The van der Waals surface area contributed by atoms with Crippen molar-refractivity contribution in [3.63, 3.8) is 0 Å². The van der Waals surface area contributed by atoms with E-state index in [-0.39, 0.29) is 21.9 Å². The van der Waals surface area contributed by atoms with Crippen LogP contribution in [0.1, 0.15) is 49.4 Å². The number of nitrogens with one attached hydrogen (secondary N) is 2. The standard InChI is InChI=1S/C14H19ClN2O2/c1-2-4-14(5-3-6-14)9-17-12(18)10-7-11(15)13(19)16-8-10/h7-8H,2-6,9H2,1H3,(H,16,19)(H,17,18). The van der Waals surface area contributed by atoms with Crippen LogP contribution >= 0.6 is 11.6 Å². The van der Waals surface area contributed by atoms with E-state index in [9.17, 15) is 9.59 Å². The maximum absolute atomic E-state index is 12.0. The van der Waals surface area contributed by atoms with Gasteiger partial charge in [-0.1, -0.05) is 31.4 Å². The molecule has 1 heterocycles. The van der Waals surface area contributed by atoms with Crippen molar-refractivity contribution >= 4 is 17.5 Å². The van der Waals surface area contributed by atoms with E-state index in [1.807, 2.05) is 0 Å². The highest BCUT2D eigenvalue weighted by molar-refractivity contribution is 6.30. The van der Waals surface area contributed by atoms with E-state index in [2.05, 4.69) is 17.2 Å². The van der Waals surface area contributed by atoms with Crippen LogP contribution in [0.2, 0.25) is 5.02 Å². The average molecular weight is 283 g/mol. The Bertz CT molecular complexity index is 520. The highest BCUT2D eigenvalue weighted by atomic mass is 35.5. The molecule has 5 heteroatoms. The predicted molar refractivity (Wildman–Crippen MR) is 75.6 cm³/mol. The number of pyridine rings is 1. The highest BCUT2D eigenvalue weighted by Gasteiger charge is 2.36. The van der Waals surface area contributed by atoms with Gasteiger partial charge in [-0.25, -0.2) is 0 Å². The molecule has 104 valence electrons. The molecule has 2 rings (SSSR count). The Labute approximate surface area is 117 Å². The smallest absolute Gasteiger partial charge is 0.266 e. The van der Waals surface area contributed by atoms with Crippen LogP contribution in [-0.4, -0.2) is 17.4 Å². The van der Waals surface area contributed by atoms with Gasteiger partial charge in [0.15, 0.2) is 0 Å². The summed E-state index contributed by atoms with van der Waals surface area (Å²) in [5, 5.41) is 2.99. The molecule has 1 fully saturated rings. The molecule has 0 aliphatic heterocycles. The third-order valence-electron chi connectivity index (χ3n) is 3.94. The Kier molecular flexibility index (Phi) is 4.30. The number of hydrogen-bond acceptors (Lipinski definition) is 2. The Morgan fingerprint density at radius 2 is 2.26 bits per heavy atom. The molecule has 19 heavy (non-hydrogen) atoms. The van der Waals surface area contributed by atoms with E-state index >= 15 is 0 Å². The van der Waals surface area contributed by atoms with Crippen molar-refractivity contribution in [2.45, 2.75) is 39.0 Å². The lowest BCUT2D eigenvalue weighted by Crippen LogP contribution is -2.42. The van der Waals surface area contributed by atoms with Gasteiger partial charge < -0.3 is 10.3 Å². The van der Waals surface area contributed by atoms with E-state index < -0.39 is 0 Å². The molecule has 1 aromatic heterocycles. The Hall–Kier alpha value is -1.29. The van der Waals surface area contributed by atoms with Gasteiger partial charge in [-0.05, 0) is 30.7 Å². The number of aromatic amines is 1. The van der Waals surface area contributed by atoms with Gasteiger partial charge in [-0.15, -0.1) is 0 Å². The molecule has 1 amide bonds. The van der Waals surface area contributed by atoms with Gasteiger partial charge in [0.05, 0.1) is 5.56 Å². The van der Waals surface area contributed by atoms with Crippen molar-refractivity contribution in [1.82, 2.24) is 10.3 Å². The first-order chi connectivity index (χ1) is 9.06. The summed E-state index contributed by atoms with van der Waals surface area (Å²) in [5.41, 5.74) is 0.311. The minimum atomic E-state index is -0.375. The Morgan fingerprint density at radius 1 is 1.53 bits per heavy atom. The monoisotopic (exact) mass is 282 g/mol. The molecule has 0 spiro atoms. The van der Waals surface area contributed by atoms with Crippen LogP contribution in [-0.2, 0) is 0 Å². The van der Waals surface area contributed by atoms with Crippen molar-refractivity contribution in [2.75, 3.05) is 6.54 Å². The van der Waals surface area contributed by atoms with E-state index in [4.69, 9.17) is 11.6 Å². The second-order valence-corrected chi connectivity index (χ2v) is 5.76. The van der Waals surface area contributed by atoms with Gasteiger partial charge in [0, 0.05) is 12.7 Å². The fraction of sp³-hybridized carbons (Fsp3) is 0.571. The van der Waals surface area contributed by atoms with E-state index in [0.29, 0.717) is 12.1 Å². The molecule has 0 saturated heterocycles. The van der Waals surface area contributed by atoms with E-state index in [1.54, 1.807) is 0 Å². The van der Waals surface area contributed by atoms with Crippen LogP contribution in [0.3, 0.4) is 0 Å². The maximum Gasteiger partial charge on any atom is 0.266 e. The molecule has 4 nitrogen and oxygen atoms in total. The molecule has 0 atom stereocenters. The van der Waals surface area contributed by atoms with Crippen LogP contribution in [0.4, 0.5) is 0 Å². The summed E-state index contributed by atoms with van der Waals surface area (Å²) in [6.45, 7) is 2.88. The summed E-state index contributed by atoms with van der Waals surface area (Å²) >= 11 is 5.71. The van der Waals surface area contributed by atoms with Crippen molar-refractivity contribution in [1.29, 1.82) is 0 Å². The Morgan fingerprint density at radius 3 is 2.79 bits per heavy atom. The van der Waals surface area contributed by atoms with Gasteiger partial charge in [0.1, 0.15) is 5.02 Å². The van der Waals surface area contributed by atoms with Gasteiger partial charge in [0.25, 0.3) is 11.5 Å². The predicted octanol–water partition coefficient (Wildman–Crippen LogP) is 2.73. The normalized spacial score (nSPS) is 16.7. The fourth-order valence-corrected chi connectivity index (χ4v) is 2.85. The minimum absolute atomic E-state index is 0.0413. The number of aromatic nitrogens is 1. The molecular weight excluding hydrogens is 264 g/mol. The number of rotatable bonds is 5. The molecule has 1 saturated carbocycles. The maximum atomic E-state index is 12.0. The lowest BCUT2D eigenvalue weighted by Gasteiger charge is -2.42. The molecule has 1 aliphatic rings. The first kappa shape index (κ1) is 14.1. The number of carbonyl (C=O) groups excluding carboxylic acids is 1.